The topological polar surface area (TPSA) is 67.1 Å². The summed E-state index contributed by atoms with van der Waals surface area (Å²) < 4.78 is 1.92. The quantitative estimate of drug-likeness (QED) is 0.548. The maximum atomic E-state index is 4.70. The summed E-state index contributed by atoms with van der Waals surface area (Å²) in [6.45, 7) is 2.30. The molecule has 6 heteroatoms. The van der Waals surface area contributed by atoms with E-state index < -0.39 is 0 Å². The molecule has 6 nitrogen and oxygen atoms in total. The fraction of sp³-hybridized carbons (Fsp3) is 0.348. The molecule has 2 N–H and O–H groups in total. The molecule has 0 bridgehead atoms. The number of aromatic nitrogens is 4. The lowest BCUT2D eigenvalue weighted by Gasteiger charge is -2.37. The average molecular weight is 387 g/mol. The van der Waals surface area contributed by atoms with Crippen LogP contribution in [-0.4, -0.2) is 38.2 Å². The molecule has 0 radical (unpaired) electrons. The average Bonchev–Trinajstić information content (AvgIpc) is 3.18. The highest BCUT2D eigenvalue weighted by Gasteiger charge is 2.29. The fourth-order valence-corrected chi connectivity index (χ4v) is 4.29. The van der Waals surface area contributed by atoms with Gasteiger partial charge in [0.15, 0.2) is 0 Å². The van der Waals surface area contributed by atoms with Gasteiger partial charge in [-0.3, -0.25) is 4.98 Å². The molecular formula is C23H26N6. The Morgan fingerprint density at radius 2 is 1.97 bits per heavy atom. The third-order valence-electron chi connectivity index (χ3n) is 6.36. The van der Waals surface area contributed by atoms with Crippen molar-refractivity contribution in [1.29, 1.82) is 0 Å². The SMILES string of the molecule is CNC1(C)CCC(Nc2ncc3c(-c4ccc5ncccc5c4)ccn3n2)CC1. The van der Waals surface area contributed by atoms with Gasteiger partial charge in [-0.2, -0.15) is 0 Å². The number of rotatable bonds is 4. The van der Waals surface area contributed by atoms with Gasteiger partial charge in [-0.15, -0.1) is 5.10 Å². The normalized spacial score (nSPS) is 22.2. The predicted molar refractivity (Wildman–Crippen MR) is 117 cm³/mol. The number of hydrogen-bond donors (Lipinski definition) is 2. The van der Waals surface area contributed by atoms with E-state index in [0.717, 1.165) is 53.2 Å². The number of pyridine rings is 1. The van der Waals surface area contributed by atoms with Gasteiger partial charge in [0.1, 0.15) is 0 Å². The van der Waals surface area contributed by atoms with Gasteiger partial charge in [0, 0.05) is 34.9 Å². The second-order valence-corrected chi connectivity index (χ2v) is 8.28. The predicted octanol–water partition coefficient (Wildman–Crippen LogP) is 4.28. The maximum absolute atomic E-state index is 4.70. The smallest absolute Gasteiger partial charge is 0.241 e. The molecular weight excluding hydrogens is 360 g/mol. The monoisotopic (exact) mass is 386 g/mol. The standard InChI is InChI=1S/C23H26N6/c1-23(24-2)10-7-18(8-11-23)27-22-26-15-21-19(9-13-29(21)28-22)16-5-6-20-17(14-16)4-3-12-25-20/h3-6,9,12-15,18,24H,7-8,10-11H2,1-2H3,(H,27,28). The summed E-state index contributed by atoms with van der Waals surface area (Å²) in [5, 5.41) is 12.8. The van der Waals surface area contributed by atoms with Crippen molar-refractivity contribution in [3.8, 4) is 11.1 Å². The van der Waals surface area contributed by atoms with Gasteiger partial charge in [-0.25, -0.2) is 9.50 Å². The lowest BCUT2D eigenvalue weighted by molar-refractivity contribution is 0.258. The highest BCUT2D eigenvalue weighted by atomic mass is 15.3. The molecule has 0 spiro atoms. The molecule has 1 saturated carbocycles. The lowest BCUT2D eigenvalue weighted by atomic mass is 9.81. The molecule has 0 aliphatic heterocycles. The molecule has 4 aromatic rings. The molecule has 0 atom stereocenters. The van der Waals surface area contributed by atoms with Crippen LogP contribution in [-0.2, 0) is 0 Å². The molecule has 0 saturated heterocycles. The molecule has 1 aliphatic rings. The molecule has 29 heavy (non-hydrogen) atoms. The molecule has 3 heterocycles. The second-order valence-electron chi connectivity index (χ2n) is 8.28. The highest BCUT2D eigenvalue weighted by molar-refractivity contribution is 5.88. The zero-order valence-electron chi connectivity index (χ0n) is 16.9. The molecule has 0 unspecified atom stereocenters. The van der Waals surface area contributed by atoms with Crippen molar-refractivity contribution in [3.63, 3.8) is 0 Å². The van der Waals surface area contributed by atoms with Crippen LogP contribution in [0.15, 0.2) is 55.0 Å². The first-order chi connectivity index (χ1) is 14.1. The number of benzene rings is 1. The zero-order chi connectivity index (χ0) is 19.8. The minimum Gasteiger partial charge on any atom is -0.350 e. The number of anilines is 1. The van der Waals surface area contributed by atoms with Crippen molar-refractivity contribution >= 4 is 22.4 Å². The van der Waals surface area contributed by atoms with E-state index in [1.165, 1.54) is 0 Å². The van der Waals surface area contributed by atoms with Gasteiger partial charge in [-0.1, -0.05) is 12.1 Å². The van der Waals surface area contributed by atoms with E-state index in [-0.39, 0.29) is 5.54 Å². The van der Waals surface area contributed by atoms with Gasteiger partial charge in [0.2, 0.25) is 5.95 Å². The van der Waals surface area contributed by atoms with Crippen LogP contribution in [0.2, 0.25) is 0 Å². The Morgan fingerprint density at radius 1 is 1.10 bits per heavy atom. The van der Waals surface area contributed by atoms with E-state index in [9.17, 15) is 0 Å². The van der Waals surface area contributed by atoms with Crippen molar-refractivity contribution in [1.82, 2.24) is 24.9 Å². The molecule has 148 valence electrons. The van der Waals surface area contributed by atoms with E-state index in [4.69, 9.17) is 5.10 Å². The van der Waals surface area contributed by atoms with Gasteiger partial charge >= 0.3 is 0 Å². The van der Waals surface area contributed by atoms with E-state index in [2.05, 4.69) is 64.9 Å². The van der Waals surface area contributed by atoms with Crippen LogP contribution in [0.4, 0.5) is 5.95 Å². The molecule has 1 aromatic carbocycles. The number of fused-ring (bicyclic) bond motifs is 2. The lowest BCUT2D eigenvalue weighted by Crippen LogP contribution is -2.45. The maximum Gasteiger partial charge on any atom is 0.241 e. The van der Waals surface area contributed by atoms with E-state index in [1.54, 1.807) is 0 Å². The first-order valence-corrected chi connectivity index (χ1v) is 10.3. The van der Waals surface area contributed by atoms with Crippen molar-refractivity contribution in [2.24, 2.45) is 0 Å². The van der Waals surface area contributed by atoms with Crippen LogP contribution in [0.1, 0.15) is 32.6 Å². The molecule has 1 aliphatic carbocycles. The molecule has 5 rings (SSSR count). The Hall–Kier alpha value is -2.99. The van der Waals surface area contributed by atoms with Crippen molar-refractivity contribution in [2.45, 2.75) is 44.2 Å². The van der Waals surface area contributed by atoms with Crippen LogP contribution < -0.4 is 10.6 Å². The Morgan fingerprint density at radius 3 is 2.79 bits per heavy atom. The summed E-state index contributed by atoms with van der Waals surface area (Å²) in [4.78, 5) is 9.01. The van der Waals surface area contributed by atoms with E-state index in [1.807, 2.05) is 29.2 Å². The first-order valence-electron chi connectivity index (χ1n) is 10.3. The second kappa shape index (κ2) is 7.12. The third-order valence-corrected chi connectivity index (χ3v) is 6.36. The van der Waals surface area contributed by atoms with Crippen LogP contribution in [0, 0.1) is 0 Å². The van der Waals surface area contributed by atoms with Crippen molar-refractivity contribution in [2.75, 3.05) is 12.4 Å². The Kier molecular flexibility index (Phi) is 4.43. The molecule has 0 amide bonds. The minimum atomic E-state index is 0.258. The van der Waals surface area contributed by atoms with Crippen LogP contribution in [0.3, 0.4) is 0 Å². The molecule has 1 fully saturated rings. The summed E-state index contributed by atoms with van der Waals surface area (Å²) >= 11 is 0. The Balaban J connectivity index is 1.38. The van der Waals surface area contributed by atoms with E-state index in [0.29, 0.717) is 12.0 Å². The van der Waals surface area contributed by atoms with Crippen LogP contribution in [0.25, 0.3) is 27.5 Å². The molecule has 3 aromatic heterocycles. The number of hydrogen-bond acceptors (Lipinski definition) is 5. The number of nitrogens with one attached hydrogen (secondary N) is 2. The summed E-state index contributed by atoms with van der Waals surface area (Å²) in [6, 6.07) is 12.9. The van der Waals surface area contributed by atoms with Crippen LogP contribution >= 0.6 is 0 Å². The Labute approximate surface area is 170 Å². The van der Waals surface area contributed by atoms with Gasteiger partial charge in [0.05, 0.1) is 17.2 Å². The number of nitrogens with zero attached hydrogens (tertiary/aromatic N) is 4. The van der Waals surface area contributed by atoms with Gasteiger partial charge in [0.25, 0.3) is 0 Å². The summed E-state index contributed by atoms with van der Waals surface area (Å²) in [7, 11) is 2.06. The minimum absolute atomic E-state index is 0.258. The Bertz CT molecular complexity index is 1160. The summed E-state index contributed by atoms with van der Waals surface area (Å²) in [5.41, 5.74) is 4.54. The third kappa shape index (κ3) is 3.44. The van der Waals surface area contributed by atoms with Crippen molar-refractivity contribution < 1.29 is 0 Å². The zero-order valence-corrected chi connectivity index (χ0v) is 16.9. The van der Waals surface area contributed by atoms with E-state index >= 15 is 0 Å². The fourth-order valence-electron chi connectivity index (χ4n) is 4.29. The van der Waals surface area contributed by atoms with Gasteiger partial charge in [-0.05, 0) is 69.5 Å². The van der Waals surface area contributed by atoms with Crippen LogP contribution in [0.5, 0.6) is 0 Å². The van der Waals surface area contributed by atoms with Gasteiger partial charge < -0.3 is 10.6 Å². The highest BCUT2D eigenvalue weighted by Crippen LogP contribution is 2.30. The summed E-state index contributed by atoms with van der Waals surface area (Å²) in [6.07, 6.45) is 10.3. The van der Waals surface area contributed by atoms with Crippen molar-refractivity contribution in [3.05, 3.63) is 55.0 Å². The summed E-state index contributed by atoms with van der Waals surface area (Å²) in [5.74, 6) is 0.695. The first kappa shape index (κ1) is 18.1. The largest absolute Gasteiger partial charge is 0.350 e.